The van der Waals surface area contributed by atoms with Crippen molar-refractivity contribution in [1.82, 2.24) is 5.32 Å². The van der Waals surface area contributed by atoms with E-state index in [1.807, 2.05) is 12.1 Å². The number of unbranched alkanes of at least 4 members (excludes halogenated alkanes) is 3. The number of benzene rings is 1. The van der Waals surface area contributed by atoms with Gasteiger partial charge in [0.2, 0.25) is 5.91 Å². The number of carbonyl (C=O) groups is 1. The Morgan fingerprint density at radius 1 is 1.20 bits per heavy atom. The van der Waals surface area contributed by atoms with E-state index >= 15 is 0 Å². The Bertz CT molecular complexity index is 386. The second-order valence-electron chi connectivity index (χ2n) is 5.47. The highest BCUT2D eigenvalue weighted by molar-refractivity contribution is 5.78. The van der Waals surface area contributed by atoms with Gasteiger partial charge in [0, 0.05) is 6.54 Å². The van der Waals surface area contributed by atoms with Gasteiger partial charge in [0.05, 0.1) is 6.42 Å². The number of rotatable bonds is 9. The van der Waals surface area contributed by atoms with Crippen LogP contribution in [0.3, 0.4) is 0 Å². The van der Waals surface area contributed by atoms with Gasteiger partial charge in [0.25, 0.3) is 0 Å². The smallest absolute Gasteiger partial charge is 0.224 e. The molecule has 112 valence electrons. The molecule has 1 rings (SSSR count). The lowest BCUT2D eigenvalue weighted by Gasteiger charge is -2.10. The summed E-state index contributed by atoms with van der Waals surface area (Å²) in [6.07, 6.45) is 5.21. The van der Waals surface area contributed by atoms with E-state index in [9.17, 15) is 4.79 Å². The maximum atomic E-state index is 11.8. The van der Waals surface area contributed by atoms with Crippen molar-refractivity contribution in [3.8, 4) is 0 Å². The third-order valence-corrected chi connectivity index (χ3v) is 3.62. The third kappa shape index (κ3) is 6.20. The fourth-order valence-corrected chi connectivity index (χ4v) is 2.13. The van der Waals surface area contributed by atoms with Crippen LogP contribution >= 0.6 is 0 Å². The molecule has 0 saturated heterocycles. The predicted molar refractivity (Wildman–Crippen MR) is 84.8 cm³/mol. The van der Waals surface area contributed by atoms with Crippen LogP contribution in [0.4, 0.5) is 0 Å². The van der Waals surface area contributed by atoms with Crippen molar-refractivity contribution in [3.63, 3.8) is 0 Å². The lowest BCUT2D eigenvalue weighted by Crippen LogP contribution is -2.26. The Kier molecular flexibility index (Phi) is 7.97. The summed E-state index contributed by atoms with van der Waals surface area (Å²) in [6.45, 7) is 5.74. The molecule has 0 radical (unpaired) electrons. The van der Waals surface area contributed by atoms with Gasteiger partial charge in [0.1, 0.15) is 0 Å². The Hall–Kier alpha value is -1.35. The Labute approximate surface area is 122 Å². The van der Waals surface area contributed by atoms with Gasteiger partial charge in [-0.1, -0.05) is 57.4 Å². The van der Waals surface area contributed by atoms with Crippen LogP contribution in [0.1, 0.15) is 56.6 Å². The fourth-order valence-electron chi connectivity index (χ4n) is 2.13. The van der Waals surface area contributed by atoms with E-state index in [0.717, 1.165) is 18.5 Å². The average Bonchev–Trinajstić information content (AvgIpc) is 2.47. The first kappa shape index (κ1) is 16.7. The van der Waals surface area contributed by atoms with Crippen molar-refractivity contribution >= 4 is 5.91 Å². The van der Waals surface area contributed by atoms with Crippen LogP contribution in [0.2, 0.25) is 0 Å². The summed E-state index contributed by atoms with van der Waals surface area (Å²) >= 11 is 0. The molecule has 1 aromatic carbocycles. The Morgan fingerprint density at radius 3 is 2.50 bits per heavy atom. The highest BCUT2D eigenvalue weighted by Crippen LogP contribution is 2.14. The predicted octanol–water partition coefficient (Wildman–Crippen LogP) is 2.99. The van der Waals surface area contributed by atoms with Crippen LogP contribution in [-0.4, -0.2) is 19.0 Å². The van der Waals surface area contributed by atoms with Crippen molar-refractivity contribution < 1.29 is 4.79 Å². The molecule has 0 aliphatic rings. The molecule has 0 bridgehead atoms. The molecule has 1 amide bonds. The average molecular weight is 276 g/mol. The molecule has 0 aliphatic heterocycles. The first-order chi connectivity index (χ1) is 9.67. The van der Waals surface area contributed by atoms with Crippen molar-refractivity contribution in [2.24, 2.45) is 5.73 Å². The summed E-state index contributed by atoms with van der Waals surface area (Å²) in [5.41, 5.74) is 7.94. The van der Waals surface area contributed by atoms with E-state index in [1.165, 1.54) is 24.8 Å². The molecule has 1 atom stereocenters. The van der Waals surface area contributed by atoms with E-state index in [-0.39, 0.29) is 5.91 Å². The number of amides is 1. The summed E-state index contributed by atoms with van der Waals surface area (Å²) in [4.78, 5) is 11.8. The molecule has 0 aliphatic carbocycles. The van der Waals surface area contributed by atoms with Gasteiger partial charge in [-0.05, 0) is 30.0 Å². The number of nitrogens with two attached hydrogens (primary N) is 1. The van der Waals surface area contributed by atoms with E-state index in [4.69, 9.17) is 5.73 Å². The van der Waals surface area contributed by atoms with Gasteiger partial charge in [-0.15, -0.1) is 0 Å². The number of hydrogen-bond donors (Lipinski definition) is 2. The molecule has 3 heteroatoms. The van der Waals surface area contributed by atoms with Crippen LogP contribution in [0.5, 0.6) is 0 Å². The molecule has 0 aromatic heterocycles. The van der Waals surface area contributed by atoms with Gasteiger partial charge in [-0.3, -0.25) is 4.79 Å². The normalized spacial score (nSPS) is 12.2. The van der Waals surface area contributed by atoms with Crippen LogP contribution in [-0.2, 0) is 11.2 Å². The highest BCUT2D eigenvalue weighted by atomic mass is 16.1. The van der Waals surface area contributed by atoms with Gasteiger partial charge in [-0.2, -0.15) is 0 Å². The SMILES string of the molecule is CCCCCCNC(=O)Cc1ccc(C(C)CN)cc1. The molecule has 0 fully saturated rings. The van der Waals surface area contributed by atoms with Crippen LogP contribution in [0.15, 0.2) is 24.3 Å². The Balaban J connectivity index is 2.31. The monoisotopic (exact) mass is 276 g/mol. The molecule has 1 unspecified atom stereocenters. The molecule has 0 saturated carbocycles. The summed E-state index contributed by atoms with van der Waals surface area (Å²) in [5.74, 6) is 0.484. The maximum Gasteiger partial charge on any atom is 0.224 e. The van der Waals surface area contributed by atoms with Crippen molar-refractivity contribution in [2.75, 3.05) is 13.1 Å². The zero-order valence-corrected chi connectivity index (χ0v) is 12.8. The molecule has 3 N–H and O–H groups in total. The minimum atomic E-state index is 0.112. The number of hydrogen-bond acceptors (Lipinski definition) is 2. The van der Waals surface area contributed by atoms with Crippen LogP contribution < -0.4 is 11.1 Å². The van der Waals surface area contributed by atoms with Crippen LogP contribution in [0, 0.1) is 0 Å². The summed E-state index contributed by atoms with van der Waals surface area (Å²) in [7, 11) is 0. The van der Waals surface area contributed by atoms with Crippen molar-refractivity contribution in [3.05, 3.63) is 35.4 Å². The second-order valence-corrected chi connectivity index (χ2v) is 5.47. The van der Waals surface area contributed by atoms with Crippen molar-refractivity contribution in [1.29, 1.82) is 0 Å². The molecular weight excluding hydrogens is 248 g/mol. The molecule has 20 heavy (non-hydrogen) atoms. The van der Waals surface area contributed by atoms with Gasteiger partial charge >= 0.3 is 0 Å². The first-order valence-electron chi connectivity index (χ1n) is 7.73. The van der Waals surface area contributed by atoms with Crippen LogP contribution in [0.25, 0.3) is 0 Å². The zero-order valence-electron chi connectivity index (χ0n) is 12.8. The third-order valence-electron chi connectivity index (χ3n) is 3.62. The molecule has 1 aromatic rings. The molecule has 0 heterocycles. The van der Waals surface area contributed by atoms with Gasteiger partial charge in [0.15, 0.2) is 0 Å². The zero-order chi connectivity index (χ0) is 14.8. The quantitative estimate of drug-likeness (QED) is 0.681. The lowest BCUT2D eigenvalue weighted by molar-refractivity contribution is -0.120. The largest absolute Gasteiger partial charge is 0.356 e. The van der Waals surface area contributed by atoms with Crippen molar-refractivity contribution in [2.45, 2.75) is 51.9 Å². The number of carbonyl (C=O) groups excluding carboxylic acids is 1. The second kappa shape index (κ2) is 9.54. The maximum absolute atomic E-state index is 11.8. The number of nitrogens with one attached hydrogen (secondary N) is 1. The molecule has 0 spiro atoms. The van der Waals surface area contributed by atoms with Gasteiger partial charge < -0.3 is 11.1 Å². The Morgan fingerprint density at radius 2 is 1.90 bits per heavy atom. The topological polar surface area (TPSA) is 55.1 Å². The van der Waals surface area contributed by atoms with E-state index in [0.29, 0.717) is 18.9 Å². The minimum Gasteiger partial charge on any atom is -0.356 e. The van der Waals surface area contributed by atoms with Gasteiger partial charge in [-0.25, -0.2) is 0 Å². The fraction of sp³-hybridized carbons (Fsp3) is 0.588. The van der Waals surface area contributed by atoms with E-state index < -0.39 is 0 Å². The first-order valence-corrected chi connectivity index (χ1v) is 7.73. The standard InChI is InChI=1S/C17H28N2O/c1-3-4-5-6-11-19-17(20)12-15-7-9-16(10-8-15)14(2)13-18/h7-10,14H,3-6,11-13,18H2,1-2H3,(H,19,20). The summed E-state index contributed by atoms with van der Waals surface area (Å²) in [5, 5.41) is 2.98. The lowest BCUT2D eigenvalue weighted by atomic mass is 9.99. The minimum absolute atomic E-state index is 0.112. The molecule has 3 nitrogen and oxygen atoms in total. The molecular formula is C17H28N2O. The summed E-state index contributed by atoms with van der Waals surface area (Å²) < 4.78 is 0. The van der Waals surface area contributed by atoms with E-state index in [2.05, 4.69) is 31.3 Å². The highest BCUT2D eigenvalue weighted by Gasteiger charge is 2.05. The van der Waals surface area contributed by atoms with E-state index in [1.54, 1.807) is 0 Å². The summed E-state index contributed by atoms with van der Waals surface area (Å²) in [6, 6.07) is 8.19.